The third-order valence-corrected chi connectivity index (χ3v) is 2.47. The summed E-state index contributed by atoms with van der Waals surface area (Å²) >= 11 is 0. The van der Waals surface area contributed by atoms with E-state index in [1.807, 2.05) is 43.8 Å². The summed E-state index contributed by atoms with van der Waals surface area (Å²) < 4.78 is 5.47. The van der Waals surface area contributed by atoms with Crippen molar-refractivity contribution in [2.45, 2.75) is 13.8 Å². The van der Waals surface area contributed by atoms with Crippen LogP contribution in [0.25, 0.3) is 0 Å². The van der Waals surface area contributed by atoms with Crippen LogP contribution in [0, 0.1) is 0 Å². The lowest BCUT2D eigenvalue weighted by molar-refractivity contribution is 0.606. The van der Waals surface area contributed by atoms with E-state index in [9.17, 15) is 0 Å². The van der Waals surface area contributed by atoms with Crippen LogP contribution in [0.15, 0.2) is 35.5 Å². The van der Waals surface area contributed by atoms with Crippen molar-refractivity contribution in [2.24, 2.45) is 0 Å². The third-order valence-electron chi connectivity index (χ3n) is 1.44. The molecule has 0 aliphatic rings. The quantitative estimate of drug-likeness (QED) is 0.587. The fourth-order valence-electron chi connectivity index (χ4n) is 0.784. The molecule has 0 unspecified atom stereocenters. The van der Waals surface area contributed by atoms with Crippen molar-refractivity contribution in [3.8, 4) is 5.75 Å². The molecule has 2 nitrogen and oxygen atoms in total. The average molecular weight is 191 g/mol. The molecule has 0 heterocycles. The molecule has 2 radical (unpaired) electrons. The lowest BCUT2D eigenvalue weighted by Gasteiger charge is -2.04. The molecule has 0 aliphatic heterocycles. The fourth-order valence-corrected chi connectivity index (χ4v) is 1.39. The van der Waals surface area contributed by atoms with E-state index in [1.54, 1.807) is 0 Å². The SMILES string of the molecule is CC(C)=C[Si]Oc1ccccc1N. The maximum atomic E-state index is 5.70. The number of nitrogen functional groups attached to an aromatic ring is 1. The highest BCUT2D eigenvalue weighted by atomic mass is 28.2. The average Bonchev–Trinajstić information content (AvgIpc) is 2.08. The molecule has 1 aromatic rings. The van der Waals surface area contributed by atoms with Crippen LogP contribution in [-0.2, 0) is 0 Å². The lowest BCUT2D eigenvalue weighted by atomic mass is 10.3. The number of rotatable bonds is 3. The summed E-state index contributed by atoms with van der Waals surface area (Å²) in [6.07, 6.45) is 0. The van der Waals surface area contributed by atoms with Gasteiger partial charge in [-0.2, -0.15) is 0 Å². The Morgan fingerprint density at radius 2 is 2.08 bits per heavy atom. The van der Waals surface area contributed by atoms with Crippen molar-refractivity contribution >= 4 is 15.5 Å². The van der Waals surface area contributed by atoms with Gasteiger partial charge in [-0.3, -0.25) is 0 Å². The Morgan fingerprint density at radius 3 is 2.69 bits per heavy atom. The highest BCUT2D eigenvalue weighted by Crippen LogP contribution is 2.18. The van der Waals surface area contributed by atoms with Crippen molar-refractivity contribution in [1.82, 2.24) is 0 Å². The van der Waals surface area contributed by atoms with Crippen molar-refractivity contribution in [3.05, 3.63) is 35.5 Å². The van der Waals surface area contributed by atoms with Crippen LogP contribution in [-0.4, -0.2) is 9.76 Å². The molecule has 0 saturated carbocycles. The predicted octanol–water partition coefficient (Wildman–Crippen LogP) is 2.19. The maximum Gasteiger partial charge on any atom is 0.343 e. The summed E-state index contributed by atoms with van der Waals surface area (Å²) in [5, 5.41) is 0. The first-order valence-corrected chi connectivity index (χ1v) is 5.09. The Hall–Kier alpha value is -1.22. The Bertz CT molecular complexity index is 306. The van der Waals surface area contributed by atoms with Gasteiger partial charge in [0, 0.05) is 0 Å². The predicted molar refractivity (Wildman–Crippen MR) is 56.7 cm³/mol. The minimum Gasteiger partial charge on any atom is -0.535 e. The lowest BCUT2D eigenvalue weighted by Crippen LogP contribution is -2.01. The van der Waals surface area contributed by atoms with Crippen molar-refractivity contribution < 1.29 is 4.43 Å². The van der Waals surface area contributed by atoms with Crippen LogP contribution >= 0.6 is 0 Å². The van der Waals surface area contributed by atoms with Gasteiger partial charge in [0.15, 0.2) is 0 Å². The summed E-state index contributed by atoms with van der Waals surface area (Å²) in [5.41, 5.74) is 9.69. The molecule has 0 aromatic heterocycles. The van der Waals surface area contributed by atoms with Gasteiger partial charge in [-0.1, -0.05) is 23.4 Å². The van der Waals surface area contributed by atoms with E-state index >= 15 is 0 Å². The van der Waals surface area contributed by atoms with Gasteiger partial charge in [0.2, 0.25) is 0 Å². The first-order chi connectivity index (χ1) is 6.20. The van der Waals surface area contributed by atoms with Crippen LogP contribution < -0.4 is 10.2 Å². The summed E-state index contributed by atoms with van der Waals surface area (Å²) in [5.74, 6) is 0.762. The molecule has 1 rings (SSSR count). The van der Waals surface area contributed by atoms with Crippen LogP contribution in [0.4, 0.5) is 5.69 Å². The second-order valence-corrected chi connectivity index (χ2v) is 3.71. The van der Waals surface area contributed by atoms with Crippen LogP contribution in [0.3, 0.4) is 0 Å². The number of allylic oxidation sites excluding steroid dienone is 1. The Balaban J connectivity index is 2.55. The van der Waals surface area contributed by atoms with Crippen molar-refractivity contribution in [2.75, 3.05) is 5.73 Å². The summed E-state index contributed by atoms with van der Waals surface area (Å²) in [4.78, 5) is 0. The molecular formula is C10H13NOSi. The molecule has 2 N–H and O–H groups in total. The monoisotopic (exact) mass is 191 g/mol. The highest BCUT2D eigenvalue weighted by Gasteiger charge is 1.96. The molecule has 68 valence electrons. The first-order valence-electron chi connectivity index (χ1n) is 4.10. The summed E-state index contributed by atoms with van der Waals surface area (Å²) in [6, 6.07) is 7.52. The number of hydrogen-bond donors (Lipinski definition) is 1. The van der Waals surface area contributed by atoms with Crippen molar-refractivity contribution in [1.29, 1.82) is 0 Å². The molecule has 0 saturated heterocycles. The van der Waals surface area contributed by atoms with E-state index in [2.05, 4.69) is 0 Å². The van der Waals surface area contributed by atoms with E-state index in [0.717, 1.165) is 5.75 Å². The molecule has 0 amide bonds. The second-order valence-electron chi connectivity index (χ2n) is 2.98. The van der Waals surface area contributed by atoms with Gasteiger partial charge in [0.05, 0.1) is 5.69 Å². The molecule has 0 bridgehead atoms. The zero-order chi connectivity index (χ0) is 9.68. The minimum atomic E-state index is 0.344. The second kappa shape index (κ2) is 4.72. The topological polar surface area (TPSA) is 35.2 Å². The highest BCUT2D eigenvalue weighted by molar-refractivity contribution is 6.35. The first kappa shape index (κ1) is 9.86. The van der Waals surface area contributed by atoms with E-state index in [-0.39, 0.29) is 0 Å². The van der Waals surface area contributed by atoms with Crippen LogP contribution in [0.2, 0.25) is 0 Å². The van der Waals surface area contributed by atoms with Gasteiger partial charge in [0.25, 0.3) is 0 Å². The molecule has 0 fully saturated rings. The number of hydrogen-bond acceptors (Lipinski definition) is 2. The van der Waals surface area contributed by atoms with Crippen LogP contribution in [0.5, 0.6) is 5.75 Å². The standard InChI is InChI=1S/C10H13NOSi/c1-8(2)7-13-12-10-6-4-3-5-9(10)11/h3-7H,11H2,1-2H3. The zero-order valence-electron chi connectivity index (χ0n) is 7.87. The van der Waals surface area contributed by atoms with E-state index in [0.29, 0.717) is 15.5 Å². The van der Waals surface area contributed by atoms with Crippen molar-refractivity contribution in [3.63, 3.8) is 0 Å². The van der Waals surface area contributed by atoms with Gasteiger partial charge >= 0.3 is 9.76 Å². The molecule has 13 heavy (non-hydrogen) atoms. The van der Waals surface area contributed by atoms with E-state index in [1.165, 1.54) is 5.57 Å². The normalized spacial score (nSPS) is 9.38. The Morgan fingerprint density at radius 1 is 1.38 bits per heavy atom. The Kier molecular flexibility index (Phi) is 3.58. The van der Waals surface area contributed by atoms with Gasteiger partial charge in [0.1, 0.15) is 5.75 Å². The third kappa shape index (κ3) is 3.34. The number of benzene rings is 1. The Labute approximate surface area is 81.4 Å². The van der Waals surface area contributed by atoms with Gasteiger partial charge < -0.3 is 10.2 Å². The number of nitrogens with two attached hydrogens (primary N) is 1. The molecule has 1 aromatic carbocycles. The summed E-state index contributed by atoms with van der Waals surface area (Å²) in [6.45, 7) is 4.09. The maximum absolute atomic E-state index is 5.70. The van der Waals surface area contributed by atoms with Gasteiger partial charge in [-0.15, -0.1) is 0 Å². The van der Waals surface area contributed by atoms with E-state index < -0.39 is 0 Å². The molecule has 0 atom stereocenters. The molecule has 3 heteroatoms. The number of para-hydroxylation sites is 2. The molecular weight excluding hydrogens is 178 g/mol. The van der Waals surface area contributed by atoms with Gasteiger partial charge in [-0.25, -0.2) is 0 Å². The smallest absolute Gasteiger partial charge is 0.343 e. The summed E-state index contributed by atoms with van der Waals surface area (Å²) in [7, 11) is 0.344. The molecule has 0 aliphatic carbocycles. The van der Waals surface area contributed by atoms with E-state index in [4.69, 9.17) is 10.2 Å². The fraction of sp³-hybridized carbons (Fsp3) is 0.200. The minimum absolute atomic E-state index is 0.344. The van der Waals surface area contributed by atoms with Gasteiger partial charge in [-0.05, 0) is 26.0 Å². The largest absolute Gasteiger partial charge is 0.535 e. The van der Waals surface area contributed by atoms with Crippen LogP contribution in [0.1, 0.15) is 13.8 Å². The number of anilines is 1. The zero-order valence-corrected chi connectivity index (χ0v) is 8.87. The molecule has 0 spiro atoms.